The minimum absolute atomic E-state index is 0.00211. The highest BCUT2D eigenvalue weighted by atomic mass is 16.5. The summed E-state index contributed by atoms with van der Waals surface area (Å²) in [4.78, 5) is 16.3. The highest BCUT2D eigenvalue weighted by Crippen LogP contribution is 2.23. The molecule has 4 rings (SSSR count). The molecule has 28 heavy (non-hydrogen) atoms. The first kappa shape index (κ1) is 17.5. The molecule has 1 N–H and O–H groups in total. The van der Waals surface area contributed by atoms with Crippen LogP contribution in [0, 0.1) is 0 Å². The third kappa shape index (κ3) is 3.78. The fourth-order valence-electron chi connectivity index (χ4n) is 2.65. The number of benzene rings is 2. The summed E-state index contributed by atoms with van der Waals surface area (Å²) in [7, 11) is 1.61. The fourth-order valence-corrected chi connectivity index (χ4v) is 2.65. The van der Waals surface area contributed by atoms with Crippen molar-refractivity contribution < 1.29 is 18.5 Å². The summed E-state index contributed by atoms with van der Waals surface area (Å²) in [6.45, 7) is 0.196. The molecule has 7 heteroatoms. The molecule has 0 aliphatic rings. The van der Waals surface area contributed by atoms with E-state index < -0.39 is 5.91 Å². The van der Waals surface area contributed by atoms with E-state index in [2.05, 4.69) is 15.5 Å². The lowest BCUT2D eigenvalue weighted by Gasteiger charge is -1.99. The Hall–Kier alpha value is -3.87. The normalized spacial score (nSPS) is 10.6. The number of hydrogen-bond donors (Lipinski definition) is 1. The molecule has 140 valence electrons. The van der Waals surface area contributed by atoms with Gasteiger partial charge in [-0.2, -0.15) is 0 Å². The SMILES string of the molecule is COc1ccc(-c2cc(CNC(=O)c3ncc(-c4ccccc4)o3)no2)cc1. The van der Waals surface area contributed by atoms with Gasteiger partial charge in [0.25, 0.3) is 5.89 Å². The lowest BCUT2D eigenvalue weighted by Crippen LogP contribution is -2.23. The van der Waals surface area contributed by atoms with Crippen molar-refractivity contribution in [3.05, 3.63) is 78.4 Å². The number of hydrogen-bond acceptors (Lipinski definition) is 6. The molecular formula is C21H17N3O4. The van der Waals surface area contributed by atoms with E-state index in [0.29, 0.717) is 17.2 Å². The molecular weight excluding hydrogens is 358 g/mol. The van der Waals surface area contributed by atoms with Crippen molar-refractivity contribution in [2.45, 2.75) is 6.54 Å². The van der Waals surface area contributed by atoms with Crippen molar-refractivity contribution >= 4 is 5.91 Å². The van der Waals surface area contributed by atoms with E-state index in [-0.39, 0.29) is 12.4 Å². The first-order valence-electron chi connectivity index (χ1n) is 8.62. The largest absolute Gasteiger partial charge is 0.497 e. The van der Waals surface area contributed by atoms with Crippen LogP contribution in [0.25, 0.3) is 22.6 Å². The molecule has 2 aromatic heterocycles. The van der Waals surface area contributed by atoms with Crippen molar-refractivity contribution in [2.75, 3.05) is 7.11 Å². The van der Waals surface area contributed by atoms with Crippen LogP contribution in [0.2, 0.25) is 0 Å². The van der Waals surface area contributed by atoms with E-state index in [1.807, 2.05) is 54.6 Å². The summed E-state index contributed by atoms with van der Waals surface area (Å²) in [5.41, 5.74) is 2.31. The molecule has 0 saturated heterocycles. The standard InChI is InChI=1S/C21H17N3O4/c1-26-17-9-7-15(8-10-17)18-11-16(24-28-18)12-22-20(25)21-23-13-19(27-21)14-5-3-2-4-6-14/h2-11,13H,12H2,1H3,(H,22,25). The number of amides is 1. The predicted octanol–water partition coefficient (Wildman–Crippen LogP) is 3.94. The van der Waals surface area contributed by atoms with E-state index in [0.717, 1.165) is 16.9 Å². The summed E-state index contributed by atoms with van der Waals surface area (Å²) in [6, 6.07) is 18.7. The van der Waals surface area contributed by atoms with Gasteiger partial charge in [0.2, 0.25) is 0 Å². The molecule has 0 unspecified atom stereocenters. The van der Waals surface area contributed by atoms with E-state index in [1.165, 1.54) is 6.20 Å². The van der Waals surface area contributed by atoms with Gasteiger partial charge < -0.3 is 19.0 Å². The van der Waals surface area contributed by atoms with Gasteiger partial charge in [0, 0.05) is 17.2 Å². The van der Waals surface area contributed by atoms with Crippen LogP contribution < -0.4 is 10.1 Å². The van der Waals surface area contributed by atoms with Crippen LogP contribution in [0.15, 0.2) is 75.8 Å². The van der Waals surface area contributed by atoms with Crippen LogP contribution in [0.1, 0.15) is 16.4 Å². The fraction of sp³-hybridized carbons (Fsp3) is 0.0952. The van der Waals surface area contributed by atoms with Gasteiger partial charge in [0.05, 0.1) is 19.9 Å². The van der Waals surface area contributed by atoms with Gasteiger partial charge >= 0.3 is 5.91 Å². The van der Waals surface area contributed by atoms with Crippen LogP contribution in [0.4, 0.5) is 0 Å². The second kappa shape index (κ2) is 7.79. The van der Waals surface area contributed by atoms with Crippen molar-refractivity contribution in [3.63, 3.8) is 0 Å². The van der Waals surface area contributed by atoms with E-state index in [9.17, 15) is 4.79 Å². The minimum atomic E-state index is -0.420. The summed E-state index contributed by atoms with van der Waals surface area (Å²) in [6.07, 6.45) is 1.53. The smallest absolute Gasteiger partial charge is 0.307 e. The summed E-state index contributed by atoms with van der Waals surface area (Å²) >= 11 is 0. The first-order valence-corrected chi connectivity index (χ1v) is 8.62. The Kier molecular flexibility index (Phi) is 4.88. The summed E-state index contributed by atoms with van der Waals surface area (Å²) in [5, 5.41) is 6.71. The van der Waals surface area contributed by atoms with Crippen LogP contribution in [0.3, 0.4) is 0 Å². The number of carbonyl (C=O) groups excluding carboxylic acids is 1. The van der Waals surface area contributed by atoms with Crippen LogP contribution in [0.5, 0.6) is 5.75 Å². The molecule has 0 saturated carbocycles. The number of rotatable bonds is 6. The molecule has 4 aromatic rings. The van der Waals surface area contributed by atoms with Gasteiger partial charge in [-0.1, -0.05) is 35.5 Å². The maximum Gasteiger partial charge on any atom is 0.307 e. The van der Waals surface area contributed by atoms with Crippen molar-refractivity contribution in [3.8, 4) is 28.4 Å². The van der Waals surface area contributed by atoms with Gasteiger partial charge in [0.15, 0.2) is 11.5 Å². The Morgan fingerprint density at radius 3 is 2.54 bits per heavy atom. The van der Waals surface area contributed by atoms with Gasteiger partial charge in [-0.3, -0.25) is 4.79 Å². The molecule has 0 bridgehead atoms. The zero-order valence-electron chi connectivity index (χ0n) is 15.1. The molecule has 1 amide bonds. The monoisotopic (exact) mass is 375 g/mol. The maximum atomic E-state index is 12.3. The van der Waals surface area contributed by atoms with Gasteiger partial charge in [-0.25, -0.2) is 4.98 Å². The molecule has 0 atom stereocenters. The Morgan fingerprint density at radius 2 is 1.79 bits per heavy atom. The summed E-state index contributed by atoms with van der Waals surface area (Å²) in [5.74, 6) is 1.48. The Labute approximate surface area is 161 Å². The minimum Gasteiger partial charge on any atom is -0.497 e. The number of nitrogens with zero attached hydrogens (tertiary/aromatic N) is 2. The number of ether oxygens (including phenoxy) is 1. The lowest BCUT2D eigenvalue weighted by molar-refractivity contribution is 0.0916. The molecule has 2 heterocycles. The highest BCUT2D eigenvalue weighted by molar-refractivity contribution is 5.89. The highest BCUT2D eigenvalue weighted by Gasteiger charge is 2.15. The molecule has 0 radical (unpaired) electrons. The molecule has 2 aromatic carbocycles. The van der Waals surface area contributed by atoms with E-state index in [1.54, 1.807) is 13.2 Å². The molecule has 0 aliphatic carbocycles. The Bertz CT molecular complexity index is 1070. The molecule has 0 spiro atoms. The quantitative estimate of drug-likeness (QED) is 0.549. The average molecular weight is 375 g/mol. The Balaban J connectivity index is 1.39. The van der Waals surface area contributed by atoms with Crippen molar-refractivity contribution in [1.29, 1.82) is 0 Å². The lowest BCUT2D eigenvalue weighted by atomic mass is 10.1. The van der Waals surface area contributed by atoms with E-state index >= 15 is 0 Å². The van der Waals surface area contributed by atoms with Crippen LogP contribution in [-0.4, -0.2) is 23.2 Å². The van der Waals surface area contributed by atoms with Crippen LogP contribution >= 0.6 is 0 Å². The number of aromatic nitrogens is 2. The second-order valence-electron chi connectivity index (χ2n) is 5.99. The second-order valence-corrected chi connectivity index (χ2v) is 5.99. The summed E-state index contributed by atoms with van der Waals surface area (Å²) < 4.78 is 16.0. The number of methoxy groups -OCH3 is 1. The topological polar surface area (TPSA) is 90.4 Å². The van der Waals surface area contributed by atoms with Gasteiger partial charge in [-0.15, -0.1) is 0 Å². The first-order chi connectivity index (χ1) is 13.7. The molecule has 7 nitrogen and oxygen atoms in total. The van der Waals surface area contributed by atoms with Gasteiger partial charge in [0.1, 0.15) is 11.4 Å². The molecule has 0 aliphatic heterocycles. The number of oxazole rings is 1. The zero-order chi connectivity index (χ0) is 19.3. The average Bonchev–Trinajstić information content (AvgIpc) is 3.43. The van der Waals surface area contributed by atoms with Crippen molar-refractivity contribution in [1.82, 2.24) is 15.5 Å². The molecule has 0 fully saturated rings. The number of carbonyl (C=O) groups is 1. The maximum absolute atomic E-state index is 12.3. The zero-order valence-corrected chi connectivity index (χ0v) is 15.1. The third-order valence-corrected chi connectivity index (χ3v) is 4.12. The van der Waals surface area contributed by atoms with E-state index in [4.69, 9.17) is 13.7 Å². The van der Waals surface area contributed by atoms with Gasteiger partial charge in [-0.05, 0) is 24.3 Å². The van der Waals surface area contributed by atoms with Crippen LogP contribution in [-0.2, 0) is 6.54 Å². The Morgan fingerprint density at radius 1 is 1.04 bits per heavy atom. The predicted molar refractivity (Wildman–Crippen MR) is 102 cm³/mol. The third-order valence-electron chi connectivity index (χ3n) is 4.12. The number of nitrogens with one attached hydrogen (secondary N) is 1. The van der Waals surface area contributed by atoms with Crippen molar-refractivity contribution in [2.24, 2.45) is 0 Å².